The van der Waals surface area contributed by atoms with Crippen LogP contribution in [0.4, 0.5) is 0 Å². The molecular weight excluding hydrogens is 268 g/mol. The molecule has 0 aromatic heterocycles. The monoisotopic (exact) mass is 284 g/mol. The van der Waals surface area contributed by atoms with Gasteiger partial charge in [0.1, 0.15) is 0 Å². The van der Waals surface area contributed by atoms with Crippen LogP contribution in [-0.2, 0) is 25.4 Å². The summed E-state index contributed by atoms with van der Waals surface area (Å²) in [7, 11) is 1.37. The molecule has 0 amide bonds. The first kappa shape index (κ1) is 14.3. The number of methoxy groups -OCH3 is 1. The summed E-state index contributed by atoms with van der Waals surface area (Å²) in [6.45, 7) is 2.28. The number of halogens is 1. The lowest BCUT2D eigenvalue weighted by Crippen LogP contribution is -2.30. The molecule has 0 spiro atoms. The summed E-state index contributed by atoms with van der Waals surface area (Å²) in [5, 5.41) is 0.700. The Bertz CT molecular complexity index is 445. The second kappa shape index (κ2) is 5.90. The Morgan fingerprint density at radius 1 is 1.47 bits per heavy atom. The molecule has 0 bridgehead atoms. The quantitative estimate of drug-likeness (QED) is 0.797. The zero-order chi connectivity index (χ0) is 13.9. The Kier molecular flexibility index (Phi) is 4.45. The summed E-state index contributed by atoms with van der Waals surface area (Å²) >= 11 is 5.85. The summed E-state index contributed by atoms with van der Waals surface area (Å²) in [4.78, 5) is 11.2. The van der Waals surface area contributed by atoms with Gasteiger partial charge in [0.15, 0.2) is 5.79 Å². The molecule has 19 heavy (non-hydrogen) atoms. The maximum Gasteiger partial charge on any atom is 0.308 e. The SMILES string of the molecule is COC(=O)CC1COC(C)(Cc2ccc(Cl)cc2)O1. The van der Waals surface area contributed by atoms with E-state index in [-0.39, 0.29) is 18.5 Å². The lowest BCUT2D eigenvalue weighted by atomic mass is 10.1. The molecule has 0 N–H and O–H groups in total. The Balaban J connectivity index is 1.93. The molecule has 5 heteroatoms. The van der Waals surface area contributed by atoms with Gasteiger partial charge in [0, 0.05) is 11.4 Å². The van der Waals surface area contributed by atoms with Crippen LogP contribution in [0.1, 0.15) is 18.9 Å². The minimum Gasteiger partial charge on any atom is -0.469 e. The molecule has 0 radical (unpaired) electrons. The maximum absolute atomic E-state index is 11.2. The molecule has 1 aromatic rings. The van der Waals surface area contributed by atoms with Crippen molar-refractivity contribution in [3.05, 3.63) is 34.9 Å². The van der Waals surface area contributed by atoms with Gasteiger partial charge in [0.05, 0.1) is 26.2 Å². The first-order chi connectivity index (χ1) is 9.00. The summed E-state index contributed by atoms with van der Waals surface area (Å²) in [6, 6.07) is 7.55. The molecule has 2 unspecified atom stereocenters. The van der Waals surface area contributed by atoms with Gasteiger partial charge in [-0.25, -0.2) is 0 Å². The third kappa shape index (κ3) is 3.93. The average molecular weight is 285 g/mol. The van der Waals surface area contributed by atoms with Crippen LogP contribution < -0.4 is 0 Å². The van der Waals surface area contributed by atoms with Gasteiger partial charge in [0.2, 0.25) is 0 Å². The molecule has 1 aliphatic rings. The highest BCUT2D eigenvalue weighted by atomic mass is 35.5. The lowest BCUT2D eigenvalue weighted by Gasteiger charge is -2.23. The van der Waals surface area contributed by atoms with E-state index in [2.05, 4.69) is 4.74 Å². The van der Waals surface area contributed by atoms with Gasteiger partial charge in [-0.15, -0.1) is 0 Å². The normalized spacial score (nSPS) is 26.4. The van der Waals surface area contributed by atoms with E-state index in [1.165, 1.54) is 7.11 Å². The van der Waals surface area contributed by atoms with Crippen molar-refractivity contribution in [2.75, 3.05) is 13.7 Å². The smallest absolute Gasteiger partial charge is 0.308 e. The largest absolute Gasteiger partial charge is 0.469 e. The van der Waals surface area contributed by atoms with Crippen molar-refractivity contribution in [3.8, 4) is 0 Å². The van der Waals surface area contributed by atoms with Crippen molar-refractivity contribution in [1.29, 1.82) is 0 Å². The minimum atomic E-state index is -0.702. The minimum absolute atomic E-state index is 0.215. The van der Waals surface area contributed by atoms with Crippen LogP contribution in [0, 0.1) is 0 Å². The number of benzene rings is 1. The number of esters is 1. The molecule has 1 heterocycles. The Morgan fingerprint density at radius 2 is 2.16 bits per heavy atom. The van der Waals surface area contributed by atoms with E-state index >= 15 is 0 Å². The van der Waals surface area contributed by atoms with Gasteiger partial charge in [-0.05, 0) is 24.6 Å². The lowest BCUT2D eigenvalue weighted by molar-refractivity contribution is -0.159. The van der Waals surface area contributed by atoms with Crippen LogP contribution in [0.3, 0.4) is 0 Å². The molecule has 1 fully saturated rings. The van der Waals surface area contributed by atoms with Gasteiger partial charge >= 0.3 is 5.97 Å². The number of carbonyl (C=O) groups is 1. The average Bonchev–Trinajstić information content (AvgIpc) is 2.73. The van der Waals surface area contributed by atoms with Crippen molar-refractivity contribution in [1.82, 2.24) is 0 Å². The second-order valence-electron chi connectivity index (χ2n) is 4.77. The maximum atomic E-state index is 11.2. The number of hydrogen-bond acceptors (Lipinski definition) is 4. The van der Waals surface area contributed by atoms with Crippen molar-refractivity contribution >= 4 is 17.6 Å². The molecule has 1 aromatic carbocycles. The van der Waals surface area contributed by atoms with Crippen LogP contribution in [0.25, 0.3) is 0 Å². The Morgan fingerprint density at radius 3 is 2.79 bits per heavy atom. The predicted octanol–water partition coefficient (Wildman–Crippen LogP) is 2.58. The fourth-order valence-corrected chi connectivity index (χ4v) is 2.25. The molecule has 1 aliphatic heterocycles. The van der Waals surface area contributed by atoms with Crippen molar-refractivity contribution in [2.24, 2.45) is 0 Å². The Labute approximate surface area is 117 Å². The topological polar surface area (TPSA) is 44.8 Å². The highest BCUT2D eigenvalue weighted by Gasteiger charge is 2.38. The van der Waals surface area contributed by atoms with Gasteiger partial charge < -0.3 is 14.2 Å². The first-order valence-electron chi connectivity index (χ1n) is 6.14. The molecule has 0 aliphatic carbocycles. The van der Waals surface area contributed by atoms with Crippen molar-refractivity contribution in [2.45, 2.75) is 31.7 Å². The van der Waals surface area contributed by atoms with Crippen LogP contribution in [0.2, 0.25) is 5.02 Å². The standard InChI is InChI=1S/C14H17ClO4/c1-14(8-10-3-5-11(15)6-4-10)18-9-12(19-14)7-13(16)17-2/h3-6,12H,7-9H2,1-2H3. The number of carbonyl (C=O) groups excluding carboxylic acids is 1. The molecule has 2 atom stereocenters. The van der Waals surface area contributed by atoms with Crippen LogP contribution in [-0.4, -0.2) is 31.6 Å². The van der Waals surface area contributed by atoms with Gasteiger partial charge in [-0.3, -0.25) is 4.79 Å². The van der Waals surface area contributed by atoms with Crippen LogP contribution >= 0.6 is 11.6 Å². The molecular formula is C14H17ClO4. The van der Waals surface area contributed by atoms with Crippen molar-refractivity contribution < 1.29 is 19.0 Å². The first-order valence-corrected chi connectivity index (χ1v) is 6.51. The summed E-state index contributed by atoms with van der Waals surface area (Å²) in [5.74, 6) is -0.990. The number of ether oxygens (including phenoxy) is 3. The van der Waals surface area contributed by atoms with E-state index < -0.39 is 5.79 Å². The van der Waals surface area contributed by atoms with E-state index in [1.54, 1.807) is 0 Å². The molecule has 0 saturated carbocycles. The molecule has 4 nitrogen and oxygen atoms in total. The number of rotatable bonds is 4. The highest BCUT2D eigenvalue weighted by molar-refractivity contribution is 6.30. The summed E-state index contributed by atoms with van der Waals surface area (Å²) < 4.78 is 16.1. The zero-order valence-corrected chi connectivity index (χ0v) is 11.8. The molecule has 104 valence electrons. The van der Waals surface area contributed by atoms with Crippen LogP contribution in [0.15, 0.2) is 24.3 Å². The van der Waals surface area contributed by atoms with E-state index in [1.807, 2.05) is 31.2 Å². The Hall–Kier alpha value is -1.10. The van der Waals surface area contributed by atoms with E-state index in [0.29, 0.717) is 18.1 Å². The highest BCUT2D eigenvalue weighted by Crippen LogP contribution is 2.29. The van der Waals surface area contributed by atoms with Gasteiger partial charge in [-0.1, -0.05) is 23.7 Å². The van der Waals surface area contributed by atoms with Crippen LogP contribution in [0.5, 0.6) is 0 Å². The second-order valence-corrected chi connectivity index (χ2v) is 5.20. The summed E-state index contributed by atoms with van der Waals surface area (Å²) in [5.41, 5.74) is 1.07. The fourth-order valence-electron chi connectivity index (χ4n) is 2.13. The van der Waals surface area contributed by atoms with Gasteiger partial charge in [-0.2, -0.15) is 0 Å². The van der Waals surface area contributed by atoms with E-state index in [0.717, 1.165) is 5.56 Å². The summed E-state index contributed by atoms with van der Waals surface area (Å²) in [6.07, 6.45) is 0.582. The predicted molar refractivity (Wildman–Crippen MR) is 71.0 cm³/mol. The van der Waals surface area contributed by atoms with E-state index in [9.17, 15) is 4.79 Å². The molecule has 1 saturated heterocycles. The molecule has 2 rings (SSSR count). The van der Waals surface area contributed by atoms with Gasteiger partial charge in [0.25, 0.3) is 0 Å². The number of hydrogen-bond donors (Lipinski definition) is 0. The third-order valence-electron chi connectivity index (χ3n) is 3.05. The van der Waals surface area contributed by atoms with Crippen molar-refractivity contribution in [3.63, 3.8) is 0 Å². The zero-order valence-electron chi connectivity index (χ0n) is 11.0. The fraction of sp³-hybridized carbons (Fsp3) is 0.500. The van der Waals surface area contributed by atoms with E-state index in [4.69, 9.17) is 21.1 Å². The third-order valence-corrected chi connectivity index (χ3v) is 3.30.